The number of aromatic hydroxyl groups is 1. The number of carboxylic acids is 1. The molecular formula is C8H5ClF3NO4. The van der Waals surface area contributed by atoms with Gasteiger partial charge in [0.15, 0.2) is 0 Å². The fourth-order valence-corrected chi connectivity index (χ4v) is 1.16. The van der Waals surface area contributed by atoms with Crippen molar-refractivity contribution in [2.24, 2.45) is 0 Å². The van der Waals surface area contributed by atoms with Crippen molar-refractivity contribution < 1.29 is 32.9 Å². The highest BCUT2D eigenvalue weighted by atomic mass is 35.5. The molecule has 0 bridgehead atoms. The number of rotatable bonds is 3. The summed E-state index contributed by atoms with van der Waals surface area (Å²) in [6.07, 6.45) is -5.09. The Bertz CT molecular complexity index is 449. The van der Waals surface area contributed by atoms with Crippen molar-refractivity contribution in [1.82, 2.24) is 4.98 Å². The molecule has 1 heterocycles. The Morgan fingerprint density at radius 3 is 2.53 bits per heavy atom. The first kappa shape index (κ1) is 13.4. The van der Waals surface area contributed by atoms with Gasteiger partial charge in [0, 0.05) is 6.07 Å². The zero-order valence-electron chi connectivity index (χ0n) is 7.95. The zero-order chi connectivity index (χ0) is 13.2. The maximum atomic E-state index is 12.0. The summed E-state index contributed by atoms with van der Waals surface area (Å²) >= 11 is 5.30. The van der Waals surface area contributed by atoms with E-state index in [2.05, 4.69) is 9.72 Å². The van der Waals surface area contributed by atoms with Crippen LogP contribution in [0.1, 0.15) is 16.1 Å². The Morgan fingerprint density at radius 1 is 1.53 bits per heavy atom. The first-order chi connectivity index (χ1) is 7.74. The lowest BCUT2D eigenvalue weighted by molar-refractivity contribution is -0.276. The van der Waals surface area contributed by atoms with E-state index in [1.54, 1.807) is 0 Å². The van der Waals surface area contributed by atoms with Crippen LogP contribution in [0, 0.1) is 0 Å². The Balaban J connectivity index is 3.29. The Kier molecular flexibility index (Phi) is 3.66. The molecular weight excluding hydrogens is 267 g/mol. The molecule has 0 radical (unpaired) electrons. The molecule has 0 amide bonds. The second-order valence-corrected chi connectivity index (χ2v) is 3.06. The van der Waals surface area contributed by atoms with E-state index < -0.39 is 29.5 Å². The minimum absolute atomic E-state index is 0.309. The van der Waals surface area contributed by atoms with Gasteiger partial charge in [0.05, 0.1) is 5.88 Å². The van der Waals surface area contributed by atoms with Crippen molar-refractivity contribution in [3.63, 3.8) is 0 Å². The fourth-order valence-electron chi connectivity index (χ4n) is 0.961. The van der Waals surface area contributed by atoms with Crippen LogP contribution in [0.15, 0.2) is 6.07 Å². The molecule has 0 atom stereocenters. The molecule has 9 heteroatoms. The van der Waals surface area contributed by atoms with E-state index in [1.165, 1.54) is 0 Å². The second kappa shape index (κ2) is 4.66. The summed E-state index contributed by atoms with van der Waals surface area (Å²) in [6, 6.07) is 0.591. The summed E-state index contributed by atoms with van der Waals surface area (Å²) in [5.74, 6) is -3.89. The molecule has 0 spiro atoms. The highest BCUT2D eigenvalue weighted by Gasteiger charge is 2.34. The zero-order valence-corrected chi connectivity index (χ0v) is 8.71. The number of hydrogen-bond acceptors (Lipinski definition) is 4. The minimum Gasteiger partial charge on any atom is -0.506 e. The Morgan fingerprint density at radius 2 is 2.12 bits per heavy atom. The highest BCUT2D eigenvalue weighted by Crippen LogP contribution is 2.29. The topological polar surface area (TPSA) is 79.7 Å². The van der Waals surface area contributed by atoms with Crippen LogP contribution in [0.4, 0.5) is 13.2 Å². The summed E-state index contributed by atoms with van der Waals surface area (Å²) in [5.41, 5.74) is -1.22. The number of pyridine rings is 1. The van der Waals surface area contributed by atoms with Crippen LogP contribution in [0.2, 0.25) is 0 Å². The van der Waals surface area contributed by atoms with E-state index in [0.717, 1.165) is 0 Å². The molecule has 0 aromatic carbocycles. The van der Waals surface area contributed by atoms with E-state index >= 15 is 0 Å². The van der Waals surface area contributed by atoms with E-state index in [1.807, 2.05) is 0 Å². The van der Waals surface area contributed by atoms with Gasteiger partial charge < -0.3 is 14.9 Å². The number of aromatic carboxylic acids is 1. The third kappa shape index (κ3) is 3.38. The fraction of sp³-hybridized carbons (Fsp3) is 0.250. The summed E-state index contributed by atoms with van der Waals surface area (Å²) < 4.78 is 39.3. The summed E-state index contributed by atoms with van der Waals surface area (Å²) in [5, 5.41) is 17.8. The smallest absolute Gasteiger partial charge is 0.506 e. The quantitative estimate of drug-likeness (QED) is 0.823. The Hall–Kier alpha value is -1.70. The predicted octanol–water partition coefficient (Wildman–Crippen LogP) is 2.12. The lowest BCUT2D eigenvalue weighted by Gasteiger charge is -2.11. The van der Waals surface area contributed by atoms with Crippen LogP contribution in [-0.2, 0) is 5.88 Å². The van der Waals surface area contributed by atoms with Gasteiger partial charge in [0.2, 0.25) is 5.88 Å². The first-order valence-corrected chi connectivity index (χ1v) is 4.56. The Labute approximate surface area is 97.4 Å². The van der Waals surface area contributed by atoms with Crippen LogP contribution >= 0.6 is 11.6 Å². The van der Waals surface area contributed by atoms with E-state index in [9.17, 15) is 23.1 Å². The van der Waals surface area contributed by atoms with Crippen LogP contribution in [0.3, 0.4) is 0 Å². The summed E-state index contributed by atoms with van der Waals surface area (Å²) in [7, 11) is 0. The average molecular weight is 272 g/mol. The maximum Gasteiger partial charge on any atom is 0.574 e. The van der Waals surface area contributed by atoms with Crippen LogP contribution in [0.25, 0.3) is 0 Å². The van der Waals surface area contributed by atoms with E-state index in [0.29, 0.717) is 6.07 Å². The maximum absolute atomic E-state index is 12.0. The van der Waals surface area contributed by atoms with Crippen LogP contribution in [0.5, 0.6) is 11.6 Å². The van der Waals surface area contributed by atoms with Crippen molar-refractivity contribution in [1.29, 1.82) is 0 Å². The average Bonchev–Trinajstić information content (AvgIpc) is 2.17. The molecule has 1 rings (SSSR count). The van der Waals surface area contributed by atoms with E-state index in [-0.39, 0.29) is 11.6 Å². The highest BCUT2D eigenvalue weighted by molar-refractivity contribution is 6.17. The normalized spacial score (nSPS) is 11.3. The number of aromatic nitrogens is 1. The molecule has 0 aliphatic carbocycles. The van der Waals surface area contributed by atoms with Gasteiger partial charge in [-0.05, 0) is 0 Å². The molecule has 17 heavy (non-hydrogen) atoms. The van der Waals surface area contributed by atoms with Crippen molar-refractivity contribution in [3.05, 3.63) is 17.3 Å². The molecule has 0 aliphatic heterocycles. The lowest BCUT2D eigenvalue weighted by Crippen LogP contribution is -2.20. The molecule has 1 aromatic heterocycles. The van der Waals surface area contributed by atoms with Crippen LogP contribution in [-0.4, -0.2) is 27.5 Å². The summed E-state index contributed by atoms with van der Waals surface area (Å²) in [6.45, 7) is 0. The van der Waals surface area contributed by atoms with Crippen LogP contribution < -0.4 is 4.74 Å². The van der Waals surface area contributed by atoms with Crippen molar-refractivity contribution >= 4 is 17.6 Å². The summed E-state index contributed by atoms with van der Waals surface area (Å²) in [4.78, 5) is 13.8. The van der Waals surface area contributed by atoms with Gasteiger partial charge in [-0.25, -0.2) is 9.78 Å². The first-order valence-electron chi connectivity index (χ1n) is 4.02. The number of nitrogens with zero attached hydrogens (tertiary/aromatic N) is 1. The largest absolute Gasteiger partial charge is 0.574 e. The molecule has 0 fully saturated rings. The lowest BCUT2D eigenvalue weighted by atomic mass is 10.2. The molecule has 94 valence electrons. The number of hydrogen-bond donors (Lipinski definition) is 2. The van der Waals surface area contributed by atoms with E-state index in [4.69, 9.17) is 16.7 Å². The second-order valence-electron chi connectivity index (χ2n) is 2.79. The van der Waals surface area contributed by atoms with Gasteiger partial charge in [0.25, 0.3) is 0 Å². The SMILES string of the molecule is O=C(O)c1cc(O)c(CCl)nc1OC(F)(F)F. The third-order valence-electron chi connectivity index (χ3n) is 1.61. The monoisotopic (exact) mass is 271 g/mol. The number of carboxylic acid groups (broad SMARTS) is 1. The van der Waals surface area contributed by atoms with Crippen molar-refractivity contribution in [2.45, 2.75) is 12.2 Å². The van der Waals surface area contributed by atoms with Gasteiger partial charge in [-0.3, -0.25) is 0 Å². The molecule has 1 aromatic rings. The van der Waals surface area contributed by atoms with Crippen molar-refractivity contribution in [2.75, 3.05) is 0 Å². The van der Waals surface area contributed by atoms with Gasteiger partial charge in [-0.2, -0.15) is 0 Å². The van der Waals surface area contributed by atoms with Gasteiger partial charge in [-0.15, -0.1) is 24.8 Å². The van der Waals surface area contributed by atoms with Gasteiger partial charge in [0.1, 0.15) is 17.0 Å². The predicted molar refractivity (Wildman–Crippen MR) is 49.1 cm³/mol. The molecule has 2 N–H and O–H groups in total. The van der Waals surface area contributed by atoms with Crippen molar-refractivity contribution in [3.8, 4) is 11.6 Å². The van der Waals surface area contributed by atoms with Gasteiger partial charge in [-0.1, -0.05) is 0 Å². The number of halogens is 4. The number of carbonyl (C=O) groups is 1. The minimum atomic E-state index is -5.09. The molecule has 0 saturated carbocycles. The molecule has 0 saturated heterocycles. The molecule has 0 aliphatic rings. The number of alkyl halides is 4. The molecule has 0 unspecified atom stereocenters. The third-order valence-corrected chi connectivity index (χ3v) is 1.87. The number of ether oxygens (including phenoxy) is 1. The standard InChI is InChI=1S/C8H5ClF3NO4/c9-2-4-5(14)1-3(7(15)16)6(13-4)17-8(10,11)12/h1,14H,2H2,(H,15,16). The molecule has 5 nitrogen and oxygen atoms in total. The van der Waals surface area contributed by atoms with Gasteiger partial charge >= 0.3 is 12.3 Å².